The van der Waals surface area contributed by atoms with Gasteiger partial charge in [0.05, 0.1) is 12.2 Å². The lowest BCUT2D eigenvalue weighted by molar-refractivity contribution is 0.0525. The molecule has 0 saturated carbocycles. The third-order valence-corrected chi connectivity index (χ3v) is 3.27. The summed E-state index contributed by atoms with van der Waals surface area (Å²) in [6.07, 6.45) is 10.4. The van der Waals surface area contributed by atoms with Crippen molar-refractivity contribution in [3.63, 3.8) is 0 Å². The molecule has 0 aliphatic heterocycles. The van der Waals surface area contributed by atoms with Crippen LogP contribution in [0.3, 0.4) is 0 Å². The highest BCUT2D eigenvalue weighted by Crippen LogP contribution is 2.22. The molecule has 2 rings (SSSR count). The van der Waals surface area contributed by atoms with Crippen LogP contribution >= 0.6 is 0 Å². The average Bonchev–Trinajstić information content (AvgIpc) is 2.53. The highest BCUT2D eigenvalue weighted by molar-refractivity contribution is 5.89. The second-order valence-electron chi connectivity index (χ2n) is 4.92. The Morgan fingerprint density at radius 2 is 2.05 bits per heavy atom. The van der Waals surface area contributed by atoms with Gasteiger partial charge in [-0.25, -0.2) is 4.79 Å². The molecule has 1 aliphatic carbocycles. The van der Waals surface area contributed by atoms with Gasteiger partial charge in [0.2, 0.25) is 0 Å². The zero-order valence-corrected chi connectivity index (χ0v) is 13.9. The Hall–Kier alpha value is -2.16. The van der Waals surface area contributed by atoms with E-state index in [1.165, 1.54) is 11.8 Å². The molecule has 3 heteroatoms. The lowest BCUT2D eigenvalue weighted by Gasteiger charge is -2.15. The number of rotatable bonds is 4. The largest absolute Gasteiger partial charge is 0.462 e. The summed E-state index contributed by atoms with van der Waals surface area (Å²) in [6.45, 7) is 12.3. The van der Waals surface area contributed by atoms with Gasteiger partial charge in [-0.3, -0.25) is 4.98 Å². The minimum absolute atomic E-state index is 0.322. The Morgan fingerprint density at radius 1 is 1.32 bits per heavy atom. The van der Waals surface area contributed by atoms with E-state index in [1.54, 1.807) is 13.1 Å². The molecule has 0 saturated heterocycles. The Labute approximate surface area is 133 Å². The maximum absolute atomic E-state index is 11.7. The summed E-state index contributed by atoms with van der Waals surface area (Å²) in [6, 6.07) is 1.84. The van der Waals surface area contributed by atoms with E-state index in [2.05, 4.69) is 30.6 Å². The quantitative estimate of drug-likeness (QED) is 0.768. The summed E-state index contributed by atoms with van der Waals surface area (Å²) in [5.74, 6) is 0.0351. The predicted octanol–water partition coefficient (Wildman–Crippen LogP) is 4.52. The van der Waals surface area contributed by atoms with Crippen LogP contribution in [0.2, 0.25) is 0 Å². The van der Waals surface area contributed by atoms with E-state index in [-0.39, 0.29) is 5.97 Å². The summed E-state index contributed by atoms with van der Waals surface area (Å²) in [5, 5.41) is 0. The van der Waals surface area contributed by atoms with Crippen LogP contribution in [-0.4, -0.2) is 17.6 Å². The van der Waals surface area contributed by atoms with Crippen LogP contribution in [-0.2, 0) is 11.2 Å². The molecule has 0 N–H and O–H groups in total. The molecule has 1 aliphatic rings. The molecule has 0 radical (unpaired) electrons. The third-order valence-electron chi connectivity index (χ3n) is 3.27. The van der Waals surface area contributed by atoms with Crippen molar-refractivity contribution in [3.05, 3.63) is 65.5 Å². The molecule has 0 fully saturated rings. The Balaban J connectivity index is 0.00000116. The molecule has 3 nitrogen and oxygen atoms in total. The Bertz CT molecular complexity index is 585. The normalized spacial score (nSPS) is 16.5. The van der Waals surface area contributed by atoms with Crippen LogP contribution in [0, 0.1) is 5.92 Å². The molecule has 1 aromatic heterocycles. The first-order valence-electron chi connectivity index (χ1n) is 7.78. The first kappa shape index (κ1) is 17.9. The van der Waals surface area contributed by atoms with Gasteiger partial charge in [0.1, 0.15) is 0 Å². The van der Waals surface area contributed by atoms with Crippen molar-refractivity contribution in [1.29, 1.82) is 0 Å². The molecule has 0 amide bonds. The fourth-order valence-electron chi connectivity index (χ4n) is 2.11. The number of nitrogens with zero attached hydrogens (tertiary/aromatic N) is 1. The predicted molar refractivity (Wildman–Crippen MR) is 90.8 cm³/mol. The topological polar surface area (TPSA) is 39.2 Å². The van der Waals surface area contributed by atoms with Gasteiger partial charge in [-0.1, -0.05) is 45.6 Å². The second-order valence-corrected chi connectivity index (χ2v) is 4.92. The van der Waals surface area contributed by atoms with Gasteiger partial charge in [0.25, 0.3) is 0 Å². The molecule has 0 bridgehead atoms. The van der Waals surface area contributed by atoms with Gasteiger partial charge >= 0.3 is 5.97 Å². The molecule has 1 atom stereocenters. The van der Waals surface area contributed by atoms with Crippen LogP contribution in [0.15, 0.2) is 54.4 Å². The molecule has 1 unspecified atom stereocenters. The second kappa shape index (κ2) is 8.98. The number of carbonyl (C=O) groups excluding carboxylic acids is 1. The van der Waals surface area contributed by atoms with Crippen molar-refractivity contribution in [3.8, 4) is 0 Å². The van der Waals surface area contributed by atoms with Crippen LogP contribution in [0.4, 0.5) is 0 Å². The minimum atomic E-state index is -0.322. The van der Waals surface area contributed by atoms with E-state index in [9.17, 15) is 4.79 Å². The smallest absolute Gasteiger partial charge is 0.339 e. The highest BCUT2D eigenvalue weighted by Gasteiger charge is 2.11. The van der Waals surface area contributed by atoms with Gasteiger partial charge in [-0.15, -0.1) is 0 Å². The molecule has 22 heavy (non-hydrogen) atoms. The SMILES string of the molecule is C=C1C=CC(Cc2cncc(C(=O)OCC)c2)=CC1C.CC. The van der Waals surface area contributed by atoms with Gasteiger partial charge in [-0.2, -0.15) is 0 Å². The maximum atomic E-state index is 11.7. The van der Waals surface area contributed by atoms with Gasteiger partial charge in [0, 0.05) is 12.4 Å². The minimum Gasteiger partial charge on any atom is -0.462 e. The van der Waals surface area contributed by atoms with Crippen molar-refractivity contribution in [2.75, 3.05) is 6.61 Å². The van der Waals surface area contributed by atoms with Crippen LogP contribution < -0.4 is 0 Å². The van der Waals surface area contributed by atoms with Crippen molar-refractivity contribution < 1.29 is 9.53 Å². The maximum Gasteiger partial charge on any atom is 0.339 e. The number of carbonyl (C=O) groups is 1. The molecule has 0 spiro atoms. The molecule has 1 heterocycles. The van der Waals surface area contributed by atoms with Gasteiger partial charge in [-0.05, 0) is 42.0 Å². The first-order chi connectivity index (χ1) is 10.6. The summed E-state index contributed by atoms with van der Waals surface area (Å²) in [4.78, 5) is 15.8. The Kier molecular flexibility index (Phi) is 7.30. The fourth-order valence-corrected chi connectivity index (χ4v) is 2.11. The number of aromatic nitrogens is 1. The lowest BCUT2D eigenvalue weighted by atomic mass is 9.91. The van der Waals surface area contributed by atoms with Crippen molar-refractivity contribution >= 4 is 5.97 Å². The molecule has 1 aromatic rings. The summed E-state index contributed by atoms with van der Waals surface area (Å²) >= 11 is 0. The number of pyridine rings is 1. The van der Waals surface area contributed by atoms with E-state index >= 15 is 0 Å². The number of hydrogen-bond acceptors (Lipinski definition) is 3. The summed E-state index contributed by atoms with van der Waals surface area (Å²) in [7, 11) is 0. The van der Waals surface area contributed by atoms with Crippen molar-refractivity contribution in [1.82, 2.24) is 4.98 Å². The van der Waals surface area contributed by atoms with E-state index in [1.807, 2.05) is 26.0 Å². The first-order valence-corrected chi connectivity index (χ1v) is 7.78. The van der Waals surface area contributed by atoms with Crippen molar-refractivity contribution in [2.24, 2.45) is 5.92 Å². The summed E-state index contributed by atoms with van der Waals surface area (Å²) < 4.78 is 4.98. The third kappa shape index (κ3) is 4.99. The van der Waals surface area contributed by atoms with Crippen LogP contribution in [0.5, 0.6) is 0 Å². The fraction of sp³-hybridized carbons (Fsp3) is 0.368. The number of allylic oxidation sites excluding steroid dienone is 5. The van der Waals surface area contributed by atoms with Crippen molar-refractivity contribution in [2.45, 2.75) is 34.1 Å². The van der Waals surface area contributed by atoms with E-state index in [4.69, 9.17) is 4.74 Å². The molecular weight excluding hydrogens is 274 g/mol. The van der Waals surface area contributed by atoms with Crippen LogP contribution in [0.1, 0.15) is 43.6 Å². The molecule has 118 valence electrons. The van der Waals surface area contributed by atoms with E-state index in [0.717, 1.165) is 17.6 Å². The number of esters is 1. The lowest BCUT2D eigenvalue weighted by Crippen LogP contribution is -2.06. The van der Waals surface area contributed by atoms with E-state index < -0.39 is 0 Å². The number of hydrogen-bond donors (Lipinski definition) is 0. The average molecular weight is 299 g/mol. The summed E-state index contributed by atoms with van der Waals surface area (Å²) in [5.41, 5.74) is 3.84. The molecule has 0 aromatic carbocycles. The van der Waals surface area contributed by atoms with E-state index in [0.29, 0.717) is 18.1 Å². The van der Waals surface area contributed by atoms with Gasteiger partial charge in [0.15, 0.2) is 0 Å². The highest BCUT2D eigenvalue weighted by atomic mass is 16.5. The molecular formula is C19H25NO2. The van der Waals surface area contributed by atoms with Gasteiger partial charge < -0.3 is 4.74 Å². The zero-order valence-electron chi connectivity index (χ0n) is 13.9. The zero-order chi connectivity index (χ0) is 16.5. The number of ether oxygens (including phenoxy) is 1. The standard InChI is InChI=1S/C17H19NO2.C2H6/c1-4-20-17(19)16-9-15(10-18-11-16)8-14-6-5-12(2)13(3)7-14;1-2/h5-7,9-11,13H,2,4,8H2,1,3H3;1-2H3. The monoisotopic (exact) mass is 299 g/mol. The van der Waals surface area contributed by atoms with Crippen LogP contribution in [0.25, 0.3) is 0 Å². The Morgan fingerprint density at radius 3 is 2.68 bits per heavy atom.